The average Bonchev–Trinajstić information content (AvgIpc) is 3.07. The number of tetrazole rings is 1. The Labute approximate surface area is 139 Å². The zero-order chi connectivity index (χ0) is 15.5. The van der Waals surface area contributed by atoms with Crippen LogP contribution in [0.5, 0.6) is 0 Å². The van der Waals surface area contributed by atoms with Gasteiger partial charge < -0.3 is 0 Å². The van der Waals surface area contributed by atoms with Gasteiger partial charge in [-0.3, -0.25) is 4.90 Å². The first kappa shape index (κ1) is 15.1. The molecule has 0 bridgehead atoms. The first-order chi connectivity index (χ1) is 10.6. The molecule has 0 spiro atoms. The molecule has 0 aliphatic rings. The Morgan fingerprint density at radius 1 is 1.18 bits per heavy atom. The molecule has 1 aromatic carbocycles. The highest BCUT2D eigenvalue weighted by molar-refractivity contribution is 9.11. The van der Waals surface area contributed by atoms with Gasteiger partial charge in [0.1, 0.15) is 6.67 Å². The molecule has 8 heteroatoms. The summed E-state index contributed by atoms with van der Waals surface area (Å²) in [6.45, 7) is 1.14. The summed E-state index contributed by atoms with van der Waals surface area (Å²) in [5, 5.41) is 7.88. The second-order valence-electron chi connectivity index (χ2n) is 4.87. The van der Waals surface area contributed by atoms with E-state index in [-0.39, 0.29) is 5.69 Å². The Balaban J connectivity index is 1.73. The molecular formula is C14H14BrN5OS. The number of hydrogen-bond donors (Lipinski definition) is 0. The fourth-order valence-corrected chi connectivity index (χ4v) is 3.64. The number of aromatic nitrogens is 4. The van der Waals surface area contributed by atoms with Crippen molar-refractivity contribution in [3.63, 3.8) is 0 Å². The lowest BCUT2D eigenvalue weighted by atomic mass is 10.3. The van der Waals surface area contributed by atoms with E-state index in [1.54, 1.807) is 11.3 Å². The molecule has 114 valence electrons. The van der Waals surface area contributed by atoms with E-state index < -0.39 is 0 Å². The number of benzene rings is 1. The average molecular weight is 380 g/mol. The SMILES string of the molecule is CN(Cc1ccc(Br)s1)Cn1nnn(-c2ccccc2)c1=O. The van der Waals surface area contributed by atoms with E-state index in [0.717, 1.165) is 10.3 Å². The summed E-state index contributed by atoms with van der Waals surface area (Å²) in [4.78, 5) is 15.6. The largest absolute Gasteiger partial charge is 0.369 e. The quantitative estimate of drug-likeness (QED) is 0.682. The molecular weight excluding hydrogens is 366 g/mol. The van der Waals surface area contributed by atoms with Gasteiger partial charge in [-0.05, 0) is 57.7 Å². The van der Waals surface area contributed by atoms with Crippen LogP contribution in [0.15, 0.2) is 51.0 Å². The maximum atomic E-state index is 12.3. The molecule has 0 aliphatic carbocycles. The standard InChI is InChI=1S/C14H14BrN5OS/c1-18(9-12-7-8-13(15)22-12)10-19-14(21)20(17-16-19)11-5-3-2-4-6-11/h2-8H,9-10H2,1H3. The van der Waals surface area contributed by atoms with Crippen LogP contribution >= 0.6 is 27.3 Å². The topological polar surface area (TPSA) is 56.0 Å². The summed E-state index contributed by atoms with van der Waals surface area (Å²) >= 11 is 5.13. The highest BCUT2D eigenvalue weighted by atomic mass is 79.9. The molecule has 0 amide bonds. The third-order valence-corrected chi connectivity index (χ3v) is 4.68. The zero-order valence-corrected chi connectivity index (χ0v) is 14.3. The van der Waals surface area contributed by atoms with Crippen molar-refractivity contribution in [2.75, 3.05) is 7.05 Å². The number of rotatable bonds is 5. The molecule has 0 N–H and O–H groups in total. The van der Waals surface area contributed by atoms with E-state index in [0.29, 0.717) is 12.4 Å². The van der Waals surface area contributed by atoms with Gasteiger partial charge in [0.2, 0.25) is 0 Å². The van der Waals surface area contributed by atoms with Crippen molar-refractivity contribution >= 4 is 27.3 Å². The molecule has 0 saturated heterocycles. The van der Waals surface area contributed by atoms with Gasteiger partial charge in [0.15, 0.2) is 0 Å². The summed E-state index contributed by atoms with van der Waals surface area (Å²) in [5.74, 6) is 0. The van der Waals surface area contributed by atoms with Crippen LogP contribution in [0, 0.1) is 0 Å². The Bertz CT molecular complexity index is 810. The monoisotopic (exact) mass is 379 g/mol. The van der Waals surface area contributed by atoms with Crippen LogP contribution in [0.25, 0.3) is 5.69 Å². The maximum absolute atomic E-state index is 12.3. The van der Waals surface area contributed by atoms with Gasteiger partial charge >= 0.3 is 5.69 Å². The van der Waals surface area contributed by atoms with Gasteiger partial charge in [-0.1, -0.05) is 18.2 Å². The van der Waals surface area contributed by atoms with Gasteiger partial charge in [-0.25, -0.2) is 4.79 Å². The summed E-state index contributed by atoms with van der Waals surface area (Å²) < 4.78 is 3.76. The molecule has 0 radical (unpaired) electrons. The third kappa shape index (κ3) is 3.34. The predicted molar refractivity (Wildman–Crippen MR) is 89.1 cm³/mol. The van der Waals surface area contributed by atoms with Crippen molar-refractivity contribution in [2.24, 2.45) is 0 Å². The molecule has 22 heavy (non-hydrogen) atoms. The minimum atomic E-state index is -0.245. The Hall–Kier alpha value is -1.77. The van der Waals surface area contributed by atoms with Gasteiger partial charge in [0.05, 0.1) is 9.47 Å². The van der Waals surface area contributed by atoms with Gasteiger partial charge in [-0.15, -0.1) is 11.3 Å². The Kier molecular flexibility index (Phi) is 4.51. The van der Waals surface area contributed by atoms with Crippen LogP contribution in [0.4, 0.5) is 0 Å². The van der Waals surface area contributed by atoms with Crippen molar-refractivity contribution in [2.45, 2.75) is 13.2 Å². The lowest BCUT2D eigenvalue weighted by molar-refractivity contribution is 0.241. The summed E-state index contributed by atoms with van der Waals surface area (Å²) in [5.41, 5.74) is 0.467. The van der Waals surface area contributed by atoms with E-state index in [1.807, 2.05) is 48.3 Å². The summed E-state index contributed by atoms with van der Waals surface area (Å²) in [6.07, 6.45) is 0. The highest BCUT2D eigenvalue weighted by Crippen LogP contribution is 2.22. The third-order valence-electron chi connectivity index (χ3n) is 3.07. The van der Waals surface area contributed by atoms with Crippen LogP contribution in [0.2, 0.25) is 0 Å². The minimum Gasteiger partial charge on any atom is -0.282 e. The molecule has 2 heterocycles. The number of hydrogen-bond acceptors (Lipinski definition) is 5. The van der Waals surface area contributed by atoms with Crippen molar-refractivity contribution < 1.29 is 0 Å². The van der Waals surface area contributed by atoms with E-state index in [4.69, 9.17) is 0 Å². The van der Waals surface area contributed by atoms with Crippen molar-refractivity contribution in [1.82, 2.24) is 24.7 Å². The zero-order valence-electron chi connectivity index (χ0n) is 11.9. The van der Waals surface area contributed by atoms with E-state index in [2.05, 4.69) is 32.4 Å². The number of nitrogens with zero attached hydrogens (tertiary/aromatic N) is 5. The molecule has 6 nitrogen and oxygen atoms in total. The Morgan fingerprint density at radius 2 is 1.95 bits per heavy atom. The number of para-hydroxylation sites is 1. The predicted octanol–water partition coefficient (Wildman–Crippen LogP) is 2.34. The molecule has 0 aliphatic heterocycles. The van der Waals surface area contributed by atoms with Crippen LogP contribution in [0.1, 0.15) is 4.88 Å². The fraction of sp³-hybridized carbons (Fsp3) is 0.214. The molecule has 3 rings (SSSR count). The molecule has 0 fully saturated rings. The van der Waals surface area contributed by atoms with Gasteiger partial charge in [0, 0.05) is 11.4 Å². The fourth-order valence-electron chi connectivity index (χ4n) is 2.08. The second-order valence-corrected chi connectivity index (χ2v) is 7.42. The Morgan fingerprint density at radius 3 is 2.64 bits per heavy atom. The molecule has 2 aromatic heterocycles. The van der Waals surface area contributed by atoms with Crippen LogP contribution in [-0.2, 0) is 13.2 Å². The first-order valence-corrected chi connectivity index (χ1v) is 8.25. The number of halogens is 1. The highest BCUT2D eigenvalue weighted by Gasteiger charge is 2.11. The lowest BCUT2D eigenvalue weighted by Gasteiger charge is -2.13. The van der Waals surface area contributed by atoms with Crippen LogP contribution in [0.3, 0.4) is 0 Å². The summed E-state index contributed by atoms with van der Waals surface area (Å²) in [6, 6.07) is 13.4. The van der Waals surface area contributed by atoms with Crippen molar-refractivity contribution in [3.8, 4) is 5.69 Å². The lowest BCUT2D eigenvalue weighted by Crippen LogP contribution is -2.31. The van der Waals surface area contributed by atoms with Gasteiger partial charge in [0.25, 0.3) is 0 Å². The normalized spacial score (nSPS) is 11.2. The second kappa shape index (κ2) is 6.55. The summed E-state index contributed by atoms with van der Waals surface area (Å²) in [7, 11) is 1.95. The van der Waals surface area contributed by atoms with Crippen LogP contribution < -0.4 is 5.69 Å². The van der Waals surface area contributed by atoms with E-state index in [1.165, 1.54) is 14.2 Å². The maximum Gasteiger partial charge on any atom is 0.369 e. The molecule has 0 saturated carbocycles. The van der Waals surface area contributed by atoms with Gasteiger partial charge in [-0.2, -0.15) is 9.36 Å². The number of thiophene rings is 1. The smallest absolute Gasteiger partial charge is 0.282 e. The first-order valence-electron chi connectivity index (χ1n) is 6.64. The molecule has 3 aromatic rings. The van der Waals surface area contributed by atoms with E-state index >= 15 is 0 Å². The molecule has 0 unspecified atom stereocenters. The molecule has 0 atom stereocenters. The van der Waals surface area contributed by atoms with Crippen molar-refractivity contribution in [1.29, 1.82) is 0 Å². The minimum absolute atomic E-state index is 0.245. The van der Waals surface area contributed by atoms with E-state index in [9.17, 15) is 4.79 Å². The van der Waals surface area contributed by atoms with Crippen molar-refractivity contribution in [3.05, 3.63) is 61.6 Å². The van der Waals surface area contributed by atoms with Crippen LogP contribution in [-0.4, -0.2) is 31.7 Å².